The summed E-state index contributed by atoms with van der Waals surface area (Å²) in [6.07, 6.45) is 1.18. The second kappa shape index (κ2) is 3.84. The summed E-state index contributed by atoms with van der Waals surface area (Å²) in [6, 6.07) is 0. The Balaban J connectivity index is 2.98. The van der Waals surface area contributed by atoms with Crippen LogP contribution in [0, 0.1) is 6.92 Å². The highest BCUT2D eigenvalue weighted by atomic mass is 16.5. The number of aromatic nitrogens is 2. The molecule has 0 aliphatic heterocycles. The Kier molecular flexibility index (Phi) is 2.79. The number of aromatic carboxylic acids is 1. The lowest BCUT2D eigenvalue weighted by atomic mass is 10.4. The van der Waals surface area contributed by atoms with E-state index in [0.717, 1.165) is 0 Å². The quantitative estimate of drug-likeness (QED) is 0.751. The second-order valence-corrected chi connectivity index (χ2v) is 2.38. The molecule has 13 heavy (non-hydrogen) atoms. The first-order chi connectivity index (χ1) is 6.15. The molecule has 0 saturated heterocycles. The fourth-order valence-corrected chi connectivity index (χ4v) is 0.852. The Morgan fingerprint density at radius 1 is 1.69 bits per heavy atom. The van der Waals surface area contributed by atoms with Gasteiger partial charge in [0.25, 0.3) is 0 Å². The lowest BCUT2D eigenvalue weighted by molar-refractivity contribution is 0.0689. The Morgan fingerprint density at radius 2 is 2.38 bits per heavy atom. The minimum absolute atomic E-state index is 0.0686. The molecular weight excluding hydrogens is 172 g/mol. The fraction of sp³-hybridized carbons (Fsp3) is 0.375. The third-order valence-electron chi connectivity index (χ3n) is 1.40. The van der Waals surface area contributed by atoms with Crippen molar-refractivity contribution in [3.63, 3.8) is 0 Å². The zero-order chi connectivity index (χ0) is 9.84. The summed E-state index contributed by atoms with van der Waals surface area (Å²) >= 11 is 0. The van der Waals surface area contributed by atoms with Crippen molar-refractivity contribution in [2.75, 3.05) is 6.61 Å². The summed E-state index contributed by atoms with van der Waals surface area (Å²) in [5.41, 5.74) is 0.419. The van der Waals surface area contributed by atoms with Crippen LogP contribution >= 0.6 is 0 Å². The highest BCUT2D eigenvalue weighted by Crippen LogP contribution is 2.11. The van der Waals surface area contributed by atoms with E-state index in [-0.39, 0.29) is 5.69 Å². The van der Waals surface area contributed by atoms with Crippen LogP contribution in [-0.4, -0.2) is 27.7 Å². The number of aryl methyl sites for hydroxylation is 1. The normalized spacial score (nSPS) is 9.69. The van der Waals surface area contributed by atoms with Crippen LogP contribution in [0.25, 0.3) is 0 Å². The van der Waals surface area contributed by atoms with Gasteiger partial charge in [-0.25, -0.2) is 14.8 Å². The summed E-state index contributed by atoms with van der Waals surface area (Å²) in [6.45, 7) is 3.97. The molecule has 5 nitrogen and oxygen atoms in total. The van der Waals surface area contributed by atoms with Crippen molar-refractivity contribution >= 4 is 5.97 Å². The van der Waals surface area contributed by atoms with Gasteiger partial charge in [-0.1, -0.05) is 0 Å². The Bertz CT molecular complexity index is 325. The van der Waals surface area contributed by atoms with E-state index in [0.29, 0.717) is 18.2 Å². The first-order valence-electron chi connectivity index (χ1n) is 3.85. The first-order valence-corrected chi connectivity index (χ1v) is 3.85. The number of carboxylic acids is 1. The van der Waals surface area contributed by atoms with Crippen molar-refractivity contribution in [3.05, 3.63) is 17.6 Å². The molecule has 0 atom stereocenters. The molecule has 0 spiro atoms. The second-order valence-electron chi connectivity index (χ2n) is 2.38. The molecule has 0 aliphatic carbocycles. The average molecular weight is 182 g/mol. The van der Waals surface area contributed by atoms with Gasteiger partial charge in [-0.2, -0.15) is 0 Å². The van der Waals surface area contributed by atoms with Crippen molar-refractivity contribution in [2.24, 2.45) is 0 Å². The third kappa shape index (κ3) is 2.14. The number of hydrogen-bond acceptors (Lipinski definition) is 4. The zero-order valence-corrected chi connectivity index (χ0v) is 7.44. The molecule has 1 heterocycles. The Labute approximate surface area is 75.4 Å². The predicted molar refractivity (Wildman–Crippen MR) is 44.9 cm³/mol. The van der Waals surface area contributed by atoms with E-state index in [1.54, 1.807) is 6.92 Å². The predicted octanol–water partition coefficient (Wildman–Crippen LogP) is 0.882. The van der Waals surface area contributed by atoms with Crippen LogP contribution in [0.1, 0.15) is 23.1 Å². The van der Waals surface area contributed by atoms with Gasteiger partial charge in [0.1, 0.15) is 5.69 Å². The maximum Gasteiger partial charge on any atom is 0.356 e. The van der Waals surface area contributed by atoms with Crippen LogP contribution in [0.3, 0.4) is 0 Å². The molecule has 0 aromatic carbocycles. The van der Waals surface area contributed by atoms with E-state index < -0.39 is 5.97 Å². The number of rotatable bonds is 3. The molecule has 1 aromatic rings. The standard InChI is InChI=1S/C8H10N2O3/c1-3-13-7-5(2)10-6(4-9-7)8(11)12/h4H,3H2,1-2H3,(H,11,12). The van der Waals surface area contributed by atoms with Crippen LogP contribution < -0.4 is 4.74 Å². The van der Waals surface area contributed by atoms with Gasteiger partial charge in [-0.15, -0.1) is 0 Å². The SMILES string of the molecule is CCOc1ncc(C(=O)O)nc1C. The monoisotopic (exact) mass is 182 g/mol. The summed E-state index contributed by atoms with van der Waals surface area (Å²) in [7, 11) is 0. The van der Waals surface area contributed by atoms with Crippen LogP contribution in [-0.2, 0) is 0 Å². The fourth-order valence-electron chi connectivity index (χ4n) is 0.852. The van der Waals surface area contributed by atoms with Gasteiger partial charge in [0, 0.05) is 0 Å². The van der Waals surface area contributed by atoms with Gasteiger partial charge in [-0.05, 0) is 13.8 Å². The molecule has 0 amide bonds. The van der Waals surface area contributed by atoms with E-state index in [4.69, 9.17) is 9.84 Å². The number of carboxylic acid groups (broad SMARTS) is 1. The first kappa shape index (κ1) is 9.44. The Morgan fingerprint density at radius 3 is 2.85 bits per heavy atom. The number of ether oxygens (including phenoxy) is 1. The maximum absolute atomic E-state index is 10.5. The van der Waals surface area contributed by atoms with E-state index in [1.807, 2.05) is 6.92 Å². The number of hydrogen-bond donors (Lipinski definition) is 1. The van der Waals surface area contributed by atoms with E-state index >= 15 is 0 Å². The highest BCUT2D eigenvalue weighted by Gasteiger charge is 2.08. The van der Waals surface area contributed by atoms with Gasteiger partial charge >= 0.3 is 5.97 Å². The summed E-state index contributed by atoms with van der Waals surface area (Å²) < 4.78 is 5.10. The Hall–Kier alpha value is -1.65. The van der Waals surface area contributed by atoms with Crippen LogP contribution in [0.2, 0.25) is 0 Å². The largest absolute Gasteiger partial charge is 0.477 e. The lowest BCUT2D eigenvalue weighted by Crippen LogP contribution is -2.05. The molecule has 70 valence electrons. The zero-order valence-electron chi connectivity index (χ0n) is 7.44. The minimum Gasteiger partial charge on any atom is -0.477 e. The molecule has 0 unspecified atom stereocenters. The van der Waals surface area contributed by atoms with Crippen LogP contribution in [0.15, 0.2) is 6.20 Å². The summed E-state index contributed by atoms with van der Waals surface area (Å²) in [5, 5.41) is 8.59. The van der Waals surface area contributed by atoms with Gasteiger partial charge < -0.3 is 9.84 Å². The van der Waals surface area contributed by atoms with E-state index in [2.05, 4.69) is 9.97 Å². The highest BCUT2D eigenvalue weighted by molar-refractivity contribution is 5.84. The van der Waals surface area contributed by atoms with Gasteiger partial charge in [0.15, 0.2) is 5.69 Å². The summed E-state index contributed by atoms with van der Waals surface area (Å²) in [5.74, 6) is -0.703. The third-order valence-corrected chi connectivity index (χ3v) is 1.40. The van der Waals surface area contributed by atoms with Gasteiger partial charge in [0.2, 0.25) is 5.88 Å². The van der Waals surface area contributed by atoms with Crippen LogP contribution in [0.5, 0.6) is 5.88 Å². The smallest absolute Gasteiger partial charge is 0.356 e. The molecule has 0 radical (unpaired) electrons. The molecule has 0 saturated carbocycles. The van der Waals surface area contributed by atoms with Crippen LogP contribution in [0.4, 0.5) is 0 Å². The molecular formula is C8H10N2O3. The molecule has 1 aromatic heterocycles. The number of nitrogens with zero attached hydrogens (tertiary/aromatic N) is 2. The molecule has 5 heteroatoms. The van der Waals surface area contributed by atoms with Crippen molar-refractivity contribution in [3.8, 4) is 5.88 Å². The lowest BCUT2D eigenvalue weighted by Gasteiger charge is -2.04. The van der Waals surface area contributed by atoms with Gasteiger partial charge in [0.05, 0.1) is 12.8 Å². The van der Waals surface area contributed by atoms with Gasteiger partial charge in [-0.3, -0.25) is 0 Å². The summed E-state index contributed by atoms with van der Waals surface area (Å²) in [4.78, 5) is 18.1. The van der Waals surface area contributed by atoms with Crippen molar-refractivity contribution in [2.45, 2.75) is 13.8 Å². The minimum atomic E-state index is -1.08. The molecule has 0 bridgehead atoms. The van der Waals surface area contributed by atoms with Crippen molar-refractivity contribution in [1.29, 1.82) is 0 Å². The molecule has 1 N–H and O–H groups in total. The van der Waals surface area contributed by atoms with E-state index in [1.165, 1.54) is 6.20 Å². The molecule has 0 aliphatic rings. The molecule has 1 rings (SSSR count). The molecule has 0 fully saturated rings. The topological polar surface area (TPSA) is 72.3 Å². The van der Waals surface area contributed by atoms with Crippen molar-refractivity contribution in [1.82, 2.24) is 9.97 Å². The number of carbonyl (C=O) groups is 1. The van der Waals surface area contributed by atoms with E-state index in [9.17, 15) is 4.79 Å². The average Bonchev–Trinajstić information content (AvgIpc) is 2.08. The maximum atomic E-state index is 10.5. The van der Waals surface area contributed by atoms with Crippen molar-refractivity contribution < 1.29 is 14.6 Å².